The first-order chi connectivity index (χ1) is 17.0. The van der Waals surface area contributed by atoms with Crippen LogP contribution in [0.5, 0.6) is 0 Å². The number of nitrogens with zero attached hydrogens (tertiary/aromatic N) is 2. The smallest absolute Gasteiger partial charge is 0.268 e. The van der Waals surface area contributed by atoms with E-state index in [-0.39, 0.29) is 23.0 Å². The average molecular weight is 502 g/mol. The molecular weight excluding hydrogens is 481 g/mol. The highest BCUT2D eigenvalue weighted by molar-refractivity contribution is 7.99. The lowest BCUT2D eigenvalue weighted by Gasteiger charge is -2.13. The Balaban J connectivity index is 1.53. The van der Waals surface area contributed by atoms with Crippen LogP contribution in [-0.2, 0) is 4.79 Å². The van der Waals surface area contributed by atoms with E-state index in [9.17, 15) is 14.0 Å². The molecule has 2 heterocycles. The molecule has 8 heteroatoms. The standard InChI is InChI=1S/C27H20FN3O2S2/c1-17-7-9-18(10-8-17)22-15-34-25-24(22)26(33)31(21-5-3-2-4-6-21)27(30-25)35-16-23(32)29-20-13-11-19(28)12-14-20/h2-15H,16H2,1H3,(H,29,32). The molecule has 0 spiro atoms. The molecule has 1 N–H and O–H groups in total. The number of anilines is 1. The van der Waals surface area contributed by atoms with Crippen LogP contribution in [0.4, 0.5) is 10.1 Å². The minimum absolute atomic E-state index is 0.0400. The van der Waals surface area contributed by atoms with Gasteiger partial charge in [0.1, 0.15) is 10.6 Å². The Labute approximate surface area is 209 Å². The van der Waals surface area contributed by atoms with Crippen LogP contribution in [0.25, 0.3) is 27.0 Å². The molecule has 3 aromatic carbocycles. The van der Waals surface area contributed by atoms with Gasteiger partial charge in [-0.05, 0) is 48.9 Å². The minimum Gasteiger partial charge on any atom is -0.325 e. The summed E-state index contributed by atoms with van der Waals surface area (Å²) in [6, 6.07) is 22.9. The third-order valence-electron chi connectivity index (χ3n) is 5.41. The first kappa shape index (κ1) is 23.0. The predicted molar refractivity (Wildman–Crippen MR) is 141 cm³/mol. The second-order valence-corrected chi connectivity index (χ2v) is 9.71. The topological polar surface area (TPSA) is 64.0 Å². The van der Waals surface area contributed by atoms with Crippen molar-refractivity contribution in [1.82, 2.24) is 9.55 Å². The summed E-state index contributed by atoms with van der Waals surface area (Å²) in [5.41, 5.74) is 3.94. The van der Waals surface area contributed by atoms with Crippen molar-refractivity contribution in [3.05, 3.63) is 106 Å². The molecule has 0 aliphatic heterocycles. The molecule has 5 nitrogen and oxygen atoms in total. The maximum atomic E-state index is 13.8. The lowest BCUT2D eigenvalue weighted by molar-refractivity contribution is -0.113. The highest BCUT2D eigenvalue weighted by Crippen LogP contribution is 2.33. The van der Waals surface area contributed by atoms with Crippen LogP contribution >= 0.6 is 23.1 Å². The Kier molecular flexibility index (Phi) is 6.48. The summed E-state index contributed by atoms with van der Waals surface area (Å²) in [7, 11) is 0. The molecule has 174 valence electrons. The number of amides is 1. The largest absolute Gasteiger partial charge is 0.325 e. The van der Waals surface area contributed by atoms with Crippen molar-refractivity contribution in [2.45, 2.75) is 12.1 Å². The molecule has 0 atom stereocenters. The zero-order valence-corrected chi connectivity index (χ0v) is 20.3. The van der Waals surface area contributed by atoms with Gasteiger partial charge in [-0.25, -0.2) is 9.37 Å². The van der Waals surface area contributed by atoms with Gasteiger partial charge in [-0.15, -0.1) is 11.3 Å². The zero-order valence-electron chi connectivity index (χ0n) is 18.7. The molecule has 1 amide bonds. The average Bonchev–Trinajstić information content (AvgIpc) is 3.29. The fourth-order valence-corrected chi connectivity index (χ4v) is 5.48. The quantitative estimate of drug-likeness (QED) is 0.219. The number of thiophene rings is 1. The van der Waals surface area contributed by atoms with Crippen molar-refractivity contribution in [2.75, 3.05) is 11.1 Å². The molecule has 2 aromatic heterocycles. The molecule has 5 aromatic rings. The fraction of sp³-hybridized carbons (Fsp3) is 0.0741. The van der Waals surface area contributed by atoms with Crippen molar-refractivity contribution in [2.24, 2.45) is 0 Å². The van der Waals surface area contributed by atoms with Gasteiger partial charge in [-0.2, -0.15) is 0 Å². The Morgan fingerprint density at radius 2 is 1.74 bits per heavy atom. The number of thioether (sulfide) groups is 1. The molecular formula is C27H20FN3O2S2. The van der Waals surface area contributed by atoms with E-state index in [1.54, 1.807) is 4.57 Å². The summed E-state index contributed by atoms with van der Waals surface area (Å²) in [5.74, 6) is -0.608. The lowest BCUT2D eigenvalue weighted by Crippen LogP contribution is -2.22. The van der Waals surface area contributed by atoms with Crippen molar-refractivity contribution in [3.8, 4) is 16.8 Å². The van der Waals surface area contributed by atoms with E-state index in [4.69, 9.17) is 4.98 Å². The summed E-state index contributed by atoms with van der Waals surface area (Å²) >= 11 is 2.59. The van der Waals surface area contributed by atoms with Crippen LogP contribution in [0.3, 0.4) is 0 Å². The van der Waals surface area contributed by atoms with E-state index >= 15 is 0 Å². The van der Waals surface area contributed by atoms with Gasteiger partial charge in [0.05, 0.1) is 16.8 Å². The molecule has 0 radical (unpaired) electrons. The van der Waals surface area contributed by atoms with Crippen molar-refractivity contribution in [3.63, 3.8) is 0 Å². The molecule has 5 rings (SSSR count). The first-order valence-corrected chi connectivity index (χ1v) is 12.7. The van der Waals surface area contributed by atoms with Crippen molar-refractivity contribution in [1.29, 1.82) is 0 Å². The molecule has 0 aliphatic carbocycles. The van der Waals surface area contributed by atoms with E-state index in [2.05, 4.69) is 5.32 Å². The first-order valence-electron chi connectivity index (χ1n) is 10.8. The van der Waals surface area contributed by atoms with Gasteiger partial charge < -0.3 is 5.32 Å². The maximum Gasteiger partial charge on any atom is 0.268 e. The van der Waals surface area contributed by atoms with E-state index in [1.165, 1.54) is 47.4 Å². The Morgan fingerprint density at radius 3 is 2.46 bits per heavy atom. The van der Waals surface area contributed by atoms with Crippen LogP contribution in [-0.4, -0.2) is 21.2 Å². The number of halogens is 1. The van der Waals surface area contributed by atoms with Gasteiger partial charge in [-0.3, -0.25) is 14.2 Å². The number of rotatable bonds is 6. The van der Waals surface area contributed by atoms with E-state index in [0.717, 1.165) is 16.7 Å². The van der Waals surface area contributed by atoms with Crippen molar-refractivity contribution < 1.29 is 9.18 Å². The van der Waals surface area contributed by atoms with Crippen LogP contribution in [0.2, 0.25) is 0 Å². The third-order valence-corrected chi connectivity index (χ3v) is 7.23. The van der Waals surface area contributed by atoms with Crippen LogP contribution in [0, 0.1) is 12.7 Å². The van der Waals surface area contributed by atoms with E-state index in [0.29, 0.717) is 26.7 Å². The molecule has 0 aliphatic rings. The second kappa shape index (κ2) is 9.85. The number of hydrogen-bond donors (Lipinski definition) is 1. The SMILES string of the molecule is Cc1ccc(-c2csc3nc(SCC(=O)Nc4ccc(F)cc4)n(-c4ccccc4)c(=O)c23)cc1. The molecule has 35 heavy (non-hydrogen) atoms. The monoisotopic (exact) mass is 501 g/mol. The van der Waals surface area contributed by atoms with Crippen molar-refractivity contribution >= 4 is 44.9 Å². The minimum atomic E-state index is -0.372. The van der Waals surface area contributed by atoms with Gasteiger partial charge in [-0.1, -0.05) is 59.8 Å². The van der Waals surface area contributed by atoms with E-state index in [1.807, 2.05) is 66.9 Å². The predicted octanol–water partition coefficient (Wildman–Crippen LogP) is 6.29. The number of carbonyl (C=O) groups excluding carboxylic acids is 1. The summed E-state index contributed by atoms with van der Waals surface area (Å²) < 4.78 is 14.7. The van der Waals surface area contributed by atoms with Gasteiger partial charge in [0.2, 0.25) is 5.91 Å². The number of para-hydroxylation sites is 1. The van der Waals surface area contributed by atoms with Gasteiger partial charge >= 0.3 is 0 Å². The zero-order chi connectivity index (χ0) is 24.4. The van der Waals surface area contributed by atoms with E-state index < -0.39 is 0 Å². The molecule has 0 saturated carbocycles. The lowest BCUT2D eigenvalue weighted by atomic mass is 10.1. The number of aryl methyl sites for hydroxylation is 1. The molecule has 0 fully saturated rings. The third kappa shape index (κ3) is 4.89. The van der Waals surface area contributed by atoms with Gasteiger partial charge in [0.25, 0.3) is 5.56 Å². The number of nitrogens with one attached hydrogen (secondary N) is 1. The number of aromatic nitrogens is 2. The van der Waals surface area contributed by atoms with Crippen LogP contribution < -0.4 is 10.9 Å². The highest BCUT2D eigenvalue weighted by Gasteiger charge is 2.19. The molecule has 0 unspecified atom stereocenters. The Morgan fingerprint density at radius 1 is 1.03 bits per heavy atom. The second-order valence-electron chi connectivity index (χ2n) is 7.91. The number of benzene rings is 3. The number of fused-ring (bicyclic) bond motifs is 1. The number of hydrogen-bond acceptors (Lipinski definition) is 5. The normalized spacial score (nSPS) is 11.0. The molecule has 0 bridgehead atoms. The summed E-state index contributed by atoms with van der Waals surface area (Å²) in [6.45, 7) is 2.02. The summed E-state index contributed by atoms with van der Waals surface area (Å²) in [6.07, 6.45) is 0. The number of carbonyl (C=O) groups is 1. The molecule has 0 saturated heterocycles. The summed E-state index contributed by atoms with van der Waals surface area (Å²) in [5, 5.41) is 5.68. The fourth-order valence-electron chi connectivity index (χ4n) is 3.68. The van der Waals surface area contributed by atoms with Crippen LogP contribution in [0.15, 0.2) is 94.2 Å². The Hall–Kier alpha value is -3.75. The van der Waals surface area contributed by atoms with Gasteiger partial charge in [0.15, 0.2) is 5.16 Å². The Bertz CT molecular complexity index is 1560. The highest BCUT2D eigenvalue weighted by atomic mass is 32.2. The van der Waals surface area contributed by atoms with Crippen LogP contribution in [0.1, 0.15) is 5.56 Å². The maximum absolute atomic E-state index is 13.8. The van der Waals surface area contributed by atoms with Gasteiger partial charge in [0, 0.05) is 16.6 Å². The summed E-state index contributed by atoms with van der Waals surface area (Å²) in [4.78, 5) is 31.8.